The number of urea groups is 1. The number of hydrogen-bond donors (Lipinski definition) is 2. The van der Waals surface area contributed by atoms with Gasteiger partial charge in [0.15, 0.2) is 0 Å². The van der Waals surface area contributed by atoms with Gasteiger partial charge >= 0.3 is 6.03 Å². The van der Waals surface area contributed by atoms with Crippen molar-refractivity contribution in [1.82, 2.24) is 10.6 Å². The van der Waals surface area contributed by atoms with E-state index in [0.29, 0.717) is 13.1 Å². The van der Waals surface area contributed by atoms with Gasteiger partial charge in [-0.1, -0.05) is 18.2 Å². The summed E-state index contributed by atoms with van der Waals surface area (Å²) >= 11 is 0. The third-order valence-corrected chi connectivity index (χ3v) is 1.97. The van der Waals surface area contributed by atoms with Gasteiger partial charge in [0, 0.05) is 18.7 Å². The van der Waals surface area contributed by atoms with Crippen LogP contribution in [0.4, 0.5) is 4.79 Å². The molecule has 0 unspecified atom stereocenters. The van der Waals surface area contributed by atoms with Crippen molar-refractivity contribution in [3.8, 4) is 5.75 Å². The van der Waals surface area contributed by atoms with Crippen LogP contribution in [0.5, 0.6) is 5.75 Å². The van der Waals surface area contributed by atoms with E-state index in [4.69, 9.17) is 4.74 Å². The molecule has 15 heavy (non-hydrogen) atoms. The first kappa shape index (κ1) is 11.4. The van der Waals surface area contributed by atoms with Crippen molar-refractivity contribution in [2.24, 2.45) is 0 Å². The van der Waals surface area contributed by atoms with Crippen molar-refractivity contribution in [3.63, 3.8) is 0 Å². The smallest absolute Gasteiger partial charge is 0.315 e. The van der Waals surface area contributed by atoms with Crippen LogP contribution in [-0.2, 0) is 6.54 Å². The molecule has 2 amide bonds. The largest absolute Gasteiger partial charge is 0.496 e. The van der Waals surface area contributed by atoms with Crippen LogP contribution in [0.15, 0.2) is 24.3 Å². The maximum Gasteiger partial charge on any atom is 0.315 e. The maximum atomic E-state index is 11.2. The number of amides is 2. The SMILES string of the molecule is CCNC(=O)NCc1ccccc1OC. The molecule has 4 heteroatoms. The maximum absolute atomic E-state index is 11.2. The molecule has 1 rings (SSSR count). The number of nitrogens with one attached hydrogen (secondary N) is 2. The Morgan fingerprint density at radius 3 is 2.73 bits per heavy atom. The highest BCUT2D eigenvalue weighted by Crippen LogP contribution is 2.16. The second kappa shape index (κ2) is 5.90. The lowest BCUT2D eigenvalue weighted by molar-refractivity contribution is 0.241. The molecule has 0 saturated carbocycles. The van der Waals surface area contributed by atoms with Gasteiger partial charge in [0.05, 0.1) is 7.11 Å². The summed E-state index contributed by atoms with van der Waals surface area (Å²) < 4.78 is 5.17. The molecule has 0 aliphatic carbocycles. The lowest BCUT2D eigenvalue weighted by Crippen LogP contribution is -2.34. The van der Waals surface area contributed by atoms with Crippen LogP contribution in [0.1, 0.15) is 12.5 Å². The number of para-hydroxylation sites is 1. The van der Waals surface area contributed by atoms with E-state index >= 15 is 0 Å². The standard InChI is InChI=1S/C11H16N2O2/c1-3-12-11(14)13-8-9-6-4-5-7-10(9)15-2/h4-7H,3,8H2,1-2H3,(H2,12,13,14). The van der Waals surface area contributed by atoms with E-state index in [2.05, 4.69) is 10.6 Å². The highest BCUT2D eigenvalue weighted by atomic mass is 16.5. The minimum atomic E-state index is -0.164. The molecule has 4 nitrogen and oxygen atoms in total. The average molecular weight is 208 g/mol. The second-order valence-electron chi connectivity index (χ2n) is 3.02. The number of carbonyl (C=O) groups is 1. The van der Waals surface area contributed by atoms with Crippen molar-refractivity contribution >= 4 is 6.03 Å². The monoisotopic (exact) mass is 208 g/mol. The van der Waals surface area contributed by atoms with Crippen LogP contribution in [0.25, 0.3) is 0 Å². The van der Waals surface area contributed by atoms with Crippen LogP contribution in [0.3, 0.4) is 0 Å². The van der Waals surface area contributed by atoms with Gasteiger partial charge in [-0.3, -0.25) is 0 Å². The van der Waals surface area contributed by atoms with Crippen molar-refractivity contribution in [2.45, 2.75) is 13.5 Å². The summed E-state index contributed by atoms with van der Waals surface area (Å²) in [6.07, 6.45) is 0. The fraction of sp³-hybridized carbons (Fsp3) is 0.364. The number of rotatable bonds is 4. The van der Waals surface area contributed by atoms with Crippen LogP contribution in [-0.4, -0.2) is 19.7 Å². The van der Waals surface area contributed by atoms with Crippen LogP contribution in [0, 0.1) is 0 Å². The van der Waals surface area contributed by atoms with Gasteiger partial charge in [0.25, 0.3) is 0 Å². The average Bonchev–Trinajstić information content (AvgIpc) is 2.27. The molecule has 0 aromatic heterocycles. The molecule has 82 valence electrons. The molecule has 0 heterocycles. The van der Waals surface area contributed by atoms with Gasteiger partial charge in [-0.2, -0.15) is 0 Å². The first-order chi connectivity index (χ1) is 7.27. The van der Waals surface area contributed by atoms with Gasteiger partial charge in [-0.05, 0) is 13.0 Å². The summed E-state index contributed by atoms with van der Waals surface area (Å²) in [5, 5.41) is 5.41. The Hall–Kier alpha value is -1.71. The Balaban J connectivity index is 2.53. The van der Waals surface area contributed by atoms with E-state index in [9.17, 15) is 4.79 Å². The quantitative estimate of drug-likeness (QED) is 0.788. The van der Waals surface area contributed by atoms with Crippen molar-refractivity contribution < 1.29 is 9.53 Å². The number of carbonyl (C=O) groups excluding carboxylic acids is 1. The van der Waals surface area contributed by atoms with Gasteiger partial charge in [0.1, 0.15) is 5.75 Å². The summed E-state index contributed by atoms with van der Waals surface area (Å²) in [4.78, 5) is 11.2. The van der Waals surface area contributed by atoms with Gasteiger partial charge in [-0.25, -0.2) is 4.79 Å². The minimum absolute atomic E-state index is 0.164. The lowest BCUT2D eigenvalue weighted by Gasteiger charge is -2.09. The summed E-state index contributed by atoms with van der Waals surface area (Å²) in [5.74, 6) is 0.786. The Labute approximate surface area is 89.6 Å². The van der Waals surface area contributed by atoms with E-state index in [1.807, 2.05) is 31.2 Å². The lowest BCUT2D eigenvalue weighted by atomic mass is 10.2. The molecule has 1 aromatic carbocycles. The number of ether oxygens (including phenoxy) is 1. The van der Waals surface area contributed by atoms with Crippen LogP contribution >= 0.6 is 0 Å². The van der Waals surface area contributed by atoms with E-state index in [-0.39, 0.29) is 6.03 Å². The molecule has 0 bridgehead atoms. The zero-order valence-electron chi connectivity index (χ0n) is 9.04. The van der Waals surface area contributed by atoms with Crippen molar-refractivity contribution in [1.29, 1.82) is 0 Å². The fourth-order valence-corrected chi connectivity index (χ4v) is 1.25. The molecule has 0 spiro atoms. The Morgan fingerprint density at radius 2 is 2.07 bits per heavy atom. The second-order valence-corrected chi connectivity index (χ2v) is 3.02. The van der Waals surface area contributed by atoms with Crippen LogP contribution in [0.2, 0.25) is 0 Å². The molecule has 0 aliphatic rings. The van der Waals surface area contributed by atoms with Gasteiger partial charge in [0.2, 0.25) is 0 Å². The molecule has 0 atom stereocenters. The number of methoxy groups -OCH3 is 1. The predicted molar refractivity (Wildman–Crippen MR) is 58.9 cm³/mol. The summed E-state index contributed by atoms with van der Waals surface area (Å²) in [6, 6.07) is 7.44. The van der Waals surface area contributed by atoms with E-state index in [1.54, 1.807) is 7.11 Å². The molecule has 0 saturated heterocycles. The fourth-order valence-electron chi connectivity index (χ4n) is 1.25. The molecule has 0 aliphatic heterocycles. The Morgan fingerprint density at radius 1 is 1.33 bits per heavy atom. The first-order valence-corrected chi connectivity index (χ1v) is 4.91. The zero-order valence-corrected chi connectivity index (χ0v) is 9.04. The Bertz CT molecular complexity index is 326. The summed E-state index contributed by atoms with van der Waals surface area (Å²) in [6.45, 7) is 2.97. The van der Waals surface area contributed by atoms with Crippen molar-refractivity contribution in [3.05, 3.63) is 29.8 Å². The van der Waals surface area contributed by atoms with E-state index in [0.717, 1.165) is 11.3 Å². The summed E-state index contributed by atoms with van der Waals surface area (Å²) in [5.41, 5.74) is 0.964. The predicted octanol–water partition coefficient (Wildman–Crippen LogP) is 1.51. The normalized spacial score (nSPS) is 9.47. The first-order valence-electron chi connectivity index (χ1n) is 4.91. The van der Waals surface area contributed by atoms with E-state index in [1.165, 1.54) is 0 Å². The molecule has 0 radical (unpaired) electrons. The third kappa shape index (κ3) is 3.50. The highest BCUT2D eigenvalue weighted by Gasteiger charge is 2.02. The minimum Gasteiger partial charge on any atom is -0.496 e. The molecule has 0 fully saturated rings. The summed E-state index contributed by atoms with van der Waals surface area (Å²) in [7, 11) is 1.62. The topological polar surface area (TPSA) is 50.4 Å². The van der Waals surface area contributed by atoms with Gasteiger partial charge in [-0.15, -0.1) is 0 Å². The molecular formula is C11H16N2O2. The van der Waals surface area contributed by atoms with Gasteiger partial charge < -0.3 is 15.4 Å². The van der Waals surface area contributed by atoms with Crippen molar-refractivity contribution in [2.75, 3.05) is 13.7 Å². The zero-order chi connectivity index (χ0) is 11.1. The number of benzene rings is 1. The molecule has 2 N–H and O–H groups in total. The molecular weight excluding hydrogens is 192 g/mol. The van der Waals surface area contributed by atoms with Crippen LogP contribution < -0.4 is 15.4 Å². The Kier molecular flexibility index (Phi) is 4.47. The van der Waals surface area contributed by atoms with E-state index < -0.39 is 0 Å². The highest BCUT2D eigenvalue weighted by molar-refractivity contribution is 5.73. The number of hydrogen-bond acceptors (Lipinski definition) is 2. The molecule has 1 aromatic rings. The third-order valence-electron chi connectivity index (χ3n) is 1.97.